The molecule has 3 rings (SSSR count). The highest BCUT2D eigenvalue weighted by Gasteiger charge is 2.29. The van der Waals surface area contributed by atoms with Crippen LogP contribution in [-0.4, -0.2) is 73.8 Å². The molecule has 0 aromatic heterocycles. The third-order valence-electron chi connectivity index (χ3n) is 6.23. The molecule has 1 amide bonds. The molecule has 0 radical (unpaired) electrons. The van der Waals surface area contributed by atoms with Gasteiger partial charge in [-0.15, -0.1) is 0 Å². The molecule has 29 heavy (non-hydrogen) atoms. The lowest BCUT2D eigenvalue weighted by molar-refractivity contribution is -0.126. The van der Waals surface area contributed by atoms with Gasteiger partial charge in [-0.2, -0.15) is 0 Å². The predicted octanol–water partition coefficient (Wildman–Crippen LogP) is 2.52. The standard InChI is InChI=1S/C23H37N3O3/c1-17-14-25(15-18(2)29-17)16-20-9-11-26(12-10-20)19(3)23(27)24-13-21-7-5-6-8-22(21)28-4/h5-8,17-20H,9-16H2,1-4H3,(H,24,27). The largest absolute Gasteiger partial charge is 0.496 e. The van der Waals surface area contributed by atoms with Crippen molar-refractivity contribution in [3.05, 3.63) is 29.8 Å². The maximum atomic E-state index is 12.7. The van der Waals surface area contributed by atoms with E-state index in [0.29, 0.717) is 24.7 Å². The number of hydrogen-bond donors (Lipinski definition) is 1. The van der Waals surface area contributed by atoms with Crippen LogP contribution in [0.25, 0.3) is 0 Å². The third-order valence-corrected chi connectivity index (χ3v) is 6.23. The lowest BCUT2D eigenvalue weighted by atomic mass is 9.94. The maximum absolute atomic E-state index is 12.7. The number of para-hydroxylation sites is 1. The number of likely N-dealkylation sites (tertiary alicyclic amines) is 1. The number of morpholine rings is 1. The zero-order valence-electron chi connectivity index (χ0n) is 18.4. The summed E-state index contributed by atoms with van der Waals surface area (Å²) in [6.07, 6.45) is 2.96. The van der Waals surface area contributed by atoms with E-state index in [4.69, 9.17) is 9.47 Å². The Morgan fingerprint density at radius 3 is 2.52 bits per heavy atom. The molecule has 3 unspecified atom stereocenters. The summed E-state index contributed by atoms with van der Waals surface area (Å²) in [5.74, 6) is 1.62. The van der Waals surface area contributed by atoms with E-state index < -0.39 is 0 Å². The summed E-state index contributed by atoms with van der Waals surface area (Å²) in [5.41, 5.74) is 1.00. The lowest BCUT2D eigenvalue weighted by Crippen LogP contribution is -2.51. The highest BCUT2D eigenvalue weighted by molar-refractivity contribution is 5.81. The normalized spacial score (nSPS) is 25.5. The van der Waals surface area contributed by atoms with Gasteiger partial charge in [0.1, 0.15) is 5.75 Å². The highest BCUT2D eigenvalue weighted by Crippen LogP contribution is 2.22. The lowest BCUT2D eigenvalue weighted by Gasteiger charge is -2.40. The molecule has 0 saturated carbocycles. The van der Waals surface area contributed by atoms with Crippen molar-refractivity contribution < 1.29 is 14.3 Å². The smallest absolute Gasteiger partial charge is 0.237 e. The topological polar surface area (TPSA) is 54.0 Å². The molecule has 0 bridgehead atoms. The first kappa shape index (κ1) is 22.1. The van der Waals surface area contributed by atoms with Crippen LogP contribution in [-0.2, 0) is 16.1 Å². The van der Waals surface area contributed by atoms with Crippen LogP contribution in [0.15, 0.2) is 24.3 Å². The van der Waals surface area contributed by atoms with Crippen molar-refractivity contribution in [2.75, 3.05) is 39.8 Å². The maximum Gasteiger partial charge on any atom is 0.237 e. The first-order valence-corrected chi connectivity index (χ1v) is 11.0. The Kier molecular flexibility index (Phi) is 7.92. The fraction of sp³-hybridized carbons (Fsp3) is 0.696. The molecular weight excluding hydrogens is 366 g/mol. The van der Waals surface area contributed by atoms with Gasteiger partial charge in [-0.05, 0) is 58.7 Å². The van der Waals surface area contributed by atoms with E-state index in [1.165, 1.54) is 0 Å². The molecule has 2 aliphatic rings. The molecule has 2 aliphatic heterocycles. The Morgan fingerprint density at radius 1 is 1.21 bits per heavy atom. The molecule has 1 aromatic carbocycles. The predicted molar refractivity (Wildman–Crippen MR) is 115 cm³/mol. The number of methoxy groups -OCH3 is 1. The summed E-state index contributed by atoms with van der Waals surface area (Å²) in [7, 11) is 1.66. The van der Waals surface area contributed by atoms with Crippen LogP contribution < -0.4 is 10.1 Å². The van der Waals surface area contributed by atoms with Gasteiger partial charge in [0.15, 0.2) is 0 Å². The van der Waals surface area contributed by atoms with E-state index >= 15 is 0 Å². The van der Waals surface area contributed by atoms with Crippen LogP contribution in [0.2, 0.25) is 0 Å². The van der Waals surface area contributed by atoms with Gasteiger partial charge in [0.05, 0.1) is 25.4 Å². The Balaban J connectivity index is 1.42. The average Bonchev–Trinajstić information content (AvgIpc) is 2.71. The van der Waals surface area contributed by atoms with Crippen molar-refractivity contribution in [1.82, 2.24) is 15.1 Å². The second-order valence-electron chi connectivity index (χ2n) is 8.66. The van der Waals surface area contributed by atoms with Gasteiger partial charge in [0, 0.05) is 31.7 Å². The zero-order chi connectivity index (χ0) is 20.8. The number of carbonyl (C=O) groups excluding carboxylic acids is 1. The summed E-state index contributed by atoms with van der Waals surface area (Å²) in [4.78, 5) is 17.5. The number of carbonyl (C=O) groups is 1. The van der Waals surface area contributed by atoms with Crippen LogP contribution in [0.1, 0.15) is 39.2 Å². The van der Waals surface area contributed by atoms with E-state index in [0.717, 1.165) is 56.9 Å². The fourth-order valence-electron chi connectivity index (χ4n) is 4.67. The second kappa shape index (κ2) is 10.4. The highest BCUT2D eigenvalue weighted by atomic mass is 16.5. The van der Waals surface area contributed by atoms with Gasteiger partial charge >= 0.3 is 0 Å². The van der Waals surface area contributed by atoms with E-state index in [1.54, 1.807) is 7.11 Å². The fourth-order valence-corrected chi connectivity index (χ4v) is 4.67. The van der Waals surface area contributed by atoms with Gasteiger partial charge < -0.3 is 14.8 Å². The van der Waals surface area contributed by atoms with E-state index in [-0.39, 0.29) is 11.9 Å². The van der Waals surface area contributed by atoms with Crippen LogP contribution in [0.5, 0.6) is 5.75 Å². The molecule has 2 saturated heterocycles. The van der Waals surface area contributed by atoms with Crippen molar-refractivity contribution in [2.45, 2.75) is 58.4 Å². The molecule has 162 valence electrons. The molecule has 6 heteroatoms. The number of nitrogens with zero attached hydrogens (tertiary/aromatic N) is 2. The van der Waals surface area contributed by atoms with E-state index in [9.17, 15) is 4.79 Å². The molecule has 1 aromatic rings. The SMILES string of the molecule is COc1ccccc1CNC(=O)C(C)N1CCC(CN2CC(C)OC(C)C2)CC1. The van der Waals surface area contributed by atoms with Gasteiger partial charge in [0.25, 0.3) is 0 Å². The first-order valence-electron chi connectivity index (χ1n) is 11.0. The van der Waals surface area contributed by atoms with Crippen molar-refractivity contribution in [3.63, 3.8) is 0 Å². The summed E-state index contributed by atoms with van der Waals surface area (Å²) in [6.45, 7) is 12.0. The molecular formula is C23H37N3O3. The quantitative estimate of drug-likeness (QED) is 0.758. The first-order chi connectivity index (χ1) is 14.0. The molecule has 1 N–H and O–H groups in total. The number of piperidine rings is 1. The van der Waals surface area contributed by atoms with Crippen molar-refractivity contribution >= 4 is 5.91 Å². The van der Waals surface area contributed by atoms with Crippen molar-refractivity contribution in [3.8, 4) is 5.75 Å². The summed E-state index contributed by atoms with van der Waals surface area (Å²) < 4.78 is 11.2. The molecule has 3 atom stereocenters. The minimum absolute atomic E-state index is 0.0881. The number of ether oxygens (including phenoxy) is 2. The minimum atomic E-state index is -0.103. The summed E-state index contributed by atoms with van der Waals surface area (Å²) in [6, 6.07) is 7.71. The van der Waals surface area contributed by atoms with Crippen LogP contribution in [0, 0.1) is 5.92 Å². The van der Waals surface area contributed by atoms with Crippen LogP contribution >= 0.6 is 0 Å². The van der Waals surface area contributed by atoms with Crippen LogP contribution in [0.4, 0.5) is 0 Å². The zero-order valence-corrected chi connectivity index (χ0v) is 18.4. The molecule has 0 spiro atoms. The van der Waals surface area contributed by atoms with Gasteiger partial charge in [0.2, 0.25) is 5.91 Å². The number of amides is 1. The second-order valence-corrected chi connectivity index (χ2v) is 8.66. The molecule has 2 fully saturated rings. The Bertz CT molecular complexity index is 651. The third kappa shape index (κ3) is 6.17. The Labute approximate surface area is 175 Å². The van der Waals surface area contributed by atoms with Crippen molar-refractivity contribution in [2.24, 2.45) is 5.92 Å². The average molecular weight is 404 g/mol. The van der Waals surface area contributed by atoms with Gasteiger partial charge in [-0.3, -0.25) is 14.6 Å². The van der Waals surface area contributed by atoms with Gasteiger partial charge in [-0.25, -0.2) is 0 Å². The number of benzene rings is 1. The Hall–Kier alpha value is -1.63. The molecule has 0 aliphatic carbocycles. The Morgan fingerprint density at radius 2 is 1.86 bits per heavy atom. The molecule has 6 nitrogen and oxygen atoms in total. The summed E-state index contributed by atoms with van der Waals surface area (Å²) >= 11 is 0. The number of rotatable bonds is 7. The molecule has 2 heterocycles. The van der Waals surface area contributed by atoms with Gasteiger partial charge in [-0.1, -0.05) is 18.2 Å². The minimum Gasteiger partial charge on any atom is -0.496 e. The van der Waals surface area contributed by atoms with Crippen LogP contribution in [0.3, 0.4) is 0 Å². The number of nitrogens with one attached hydrogen (secondary N) is 1. The van der Waals surface area contributed by atoms with E-state index in [2.05, 4.69) is 29.0 Å². The number of hydrogen-bond acceptors (Lipinski definition) is 5. The van der Waals surface area contributed by atoms with E-state index in [1.807, 2.05) is 31.2 Å². The summed E-state index contributed by atoms with van der Waals surface area (Å²) in [5, 5.41) is 3.07. The monoisotopic (exact) mass is 403 g/mol. The van der Waals surface area contributed by atoms with Crippen molar-refractivity contribution in [1.29, 1.82) is 0 Å².